The van der Waals surface area contributed by atoms with Gasteiger partial charge >= 0.3 is 0 Å². The van der Waals surface area contributed by atoms with Crippen LogP contribution in [0.15, 0.2) is 52.3 Å². The second-order valence-electron chi connectivity index (χ2n) is 6.20. The lowest BCUT2D eigenvalue weighted by atomic mass is 10.0. The summed E-state index contributed by atoms with van der Waals surface area (Å²) in [6.07, 6.45) is 0. The van der Waals surface area contributed by atoms with Crippen LogP contribution in [-0.2, 0) is 20.0 Å². The molecule has 0 aliphatic carbocycles. The van der Waals surface area contributed by atoms with E-state index in [-0.39, 0.29) is 15.7 Å². The fourth-order valence-corrected chi connectivity index (χ4v) is 4.69. The maximum absolute atomic E-state index is 12.4. The highest BCUT2D eigenvalue weighted by atomic mass is 32.2. The van der Waals surface area contributed by atoms with Gasteiger partial charge in [0.25, 0.3) is 20.0 Å². The summed E-state index contributed by atoms with van der Waals surface area (Å²) >= 11 is 0. The van der Waals surface area contributed by atoms with Crippen LogP contribution in [-0.4, -0.2) is 16.8 Å². The Morgan fingerprint density at radius 2 is 1.36 bits per heavy atom. The molecular weight excluding hydrogens is 360 g/mol. The van der Waals surface area contributed by atoms with Crippen LogP contribution in [0.1, 0.15) is 36.5 Å². The first-order valence-corrected chi connectivity index (χ1v) is 10.7. The quantitative estimate of drug-likeness (QED) is 0.751. The maximum atomic E-state index is 12.4. The van der Waals surface area contributed by atoms with E-state index in [9.17, 15) is 16.8 Å². The van der Waals surface area contributed by atoms with E-state index in [2.05, 4.69) is 0 Å². The number of rotatable bonds is 6. The third-order valence-corrected chi connectivity index (χ3v) is 6.58. The van der Waals surface area contributed by atoms with Crippen molar-refractivity contribution in [2.24, 2.45) is 0 Å². The van der Waals surface area contributed by atoms with Crippen molar-refractivity contribution in [1.82, 2.24) is 9.66 Å². The van der Waals surface area contributed by atoms with Crippen LogP contribution in [0, 0.1) is 13.8 Å². The third kappa shape index (κ3) is 4.66. The van der Waals surface area contributed by atoms with Gasteiger partial charge in [0.1, 0.15) is 0 Å². The molecule has 0 saturated heterocycles. The third-order valence-electron chi connectivity index (χ3n) is 3.80. The minimum atomic E-state index is -4.02. The summed E-state index contributed by atoms with van der Waals surface area (Å²) < 4.78 is 49.4. The molecule has 0 saturated carbocycles. The Kier molecular flexibility index (Phi) is 5.68. The Hall–Kier alpha value is -1.74. The molecule has 2 N–H and O–H groups in total. The first-order chi connectivity index (χ1) is 11.5. The van der Waals surface area contributed by atoms with Crippen LogP contribution in [0.3, 0.4) is 0 Å². The van der Waals surface area contributed by atoms with E-state index >= 15 is 0 Å². The molecule has 2 aromatic rings. The predicted octanol–water partition coefficient (Wildman–Crippen LogP) is 2.60. The number of nitrogens with one attached hydrogen (secondary N) is 2. The van der Waals surface area contributed by atoms with Gasteiger partial charge in [0, 0.05) is 0 Å². The average Bonchev–Trinajstić information content (AvgIpc) is 2.55. The Morgan fingerprint density at radius 1 is 0.800 bits per heavy atom. The second-order valence-corrected chi connectivity index (χ2v) is 9.54. The molecule has 0 aliphatic heterocycles. The zero-order valence-electron chi connectivity index (χ0n) is 14.6. The Bertz CT molecular complexity index is 964. The molecule has 0 bridgehead atoms. The van der Waals surface area contributed by atoms with Crippen LogP contribution < -0.4 is 9.66 Å². The fraction of sp³-hybridized carbons (Fsp3) is 0.294. The minimum Gasteiger partial charge on any atom is -0.206 e. The van der Waals surface area contributed by atoms with Crippen LogP contribution >= 0.6 is 0 Å². The summed E-state index contributed by atoms with van der Waals surface area (Å²) in [6.45, 7) is 7.41. The molecule has 8 heteroatoms. The van der Waals surface area contributed by atoms with Crippen LogP contribution in [0.4, 0.5) is 0 Å². The molecule has 0 aliphatic rings. The topological polar surface area (TPSA) is 92.3 Å². The monoisotopic (exact) mass is 382 g/mol. The van der Waals surface area contributed by atoms with Crippen molar-refractivity contribution in [2.75, 3.05) is 0 Å². The summed E-state index contributed by atoms with van der Waals surface area (Å²) in [5.41, 5.74) is 2.28. The molecule has 136 valence electrons. The number of hydrogen-bond donors (Lipinski definition) is 2. The molecular formula is C17H22N2O4S2. The summed E-state index contributed by atoms with van der Waals surface area (Å²) in [7, 11) is -8.02. The molecule has 0 amide bonds. The van der Waals surface area contributed by atoms with Gasteiger partial charge in [-0.25, -0.2) is 16.8 Å². The highest BCUT2D eigenvalue weighted by Crippen LogP contribution is 2.18. The van der Waals surface area contributed by atoms with Crippen LogP contribution in [0.25, 0.3) is 0 Å². The molecule has 0 aromatic heterocycles. The number of benzene rings is 2. The summed E-state index contributed by atoms with van der Waals surface area (Å²) in [5.74, 6) is 0.271. The highest BCUT2D eigenvalue weighted by Gasteiger charge is 2.21. The lowest BCUT2D eigenvalue weighted by Crippen LogP contribution is -2.41. The van der Waals surface area contributed by atoms with E-state index in [4.69, 9.17) is 0 Å². The van der Waals surface area contributed by atoms with Gasteiger partial charge in [-0.05, 0) is 54.7 Å². The second kappa shape index (κ2) is 7.25. The van der Waals surface area contributed by atoms with E-state index < -0.39 is 20.0 Å². The van der Waals surface area contributed by atoms with Crippen molar-refractivity contribution < 1.29 is 16.8 Å². The van der Waals surface area contributed by atoms with E-state index in [0.29, 0.717) is 5.56 Å². The van der Waals surface area contributed by atoms with Crippen molar-refractivity contribution in [3.63, 3.8) is 0 Å². The van der Waals surface area contributed by atoms with E-state index in [1.807, 2.05) is 23.5 Å². The van der Waals surface area contributed by atoms with Crippen molar-refractivity contribution in [2.45, 2.75) is 43.4 Å². The molecule has 2 rings (SSSR count). The minimum absolute atomic E-state index is 0.0134. The SMILES string of the molecule is Cc1ccc(C)c(S(=O)(=O)NNS(=O)(=O)c2ccc(C(C)C)cc2)c1. The van der Waals surface area contributed by atoms with Gasteiger partial charge in [-0.2, -0.15) is 0 Å². The number of sulfonamides is 2. The van der Waals surface area contributed by atoms with Gasteiger partial charge in [-0.1, -0.05) is 38.1 Å². The first-order valence-electron chi connectivity index (χ1n) is 7.74. The number of hydrazine groups is 1. The summed E-state index contributed by atoms with van der Waals surface area (Å²) in [5, 5.41) is 0. The van der Waals surface area contributed by atoms with E-state index in [1.165, 1.54) is 18.2 Å². The molecule has 0 atom stereocenters. The van der Waals surface area contributed by atoms with Gasteiger partial charge in [-0.15, -0.1) is 9.66 Å². The normalized spacial score (nSPS) is 12.5. The molecule has 0 spiro atoms. The van der Waals surface area contributed by atoms with Crippen molar-refractivity contribution in [1.29, 1.82) is 0 Å². The smallest absolute Gasteiger partial charge is 0.206 e. The average molecular weight is 383 g/mol. The Morgan fingerprint density at radius 3 is 1.92 bits per heavy atom. The standard InChI is InChI=1S/C17H22N2O4S2/c1-12(2)15-7-9-16(10-8-15)24(20,21)18-19-25(22,23)17-11-13(3)5-6-14(17)4/h5-12,18-19H,1-4H3. The Labute approximate surface area is 149 Å². The lowest BCUT2D eigenvalue weighted by molar-refractivity contribution is 0.557. The van der Waals surface area contributed by atoms with Gasteiger partial charge < -0.3 is 0 Å². The first kappa shape index (κ1) is 19.6. The molecule has 2 aromatic carbocycles. The molecule has 0 radical (unpaired) electrons. The van der Waals surface area contributed by atoms with Crippen LogP contribution in [0.2, 0.25) is 0 Å². The molecule has 0 unspecified atom stereocenters. The fourth-order valence-electron chi connectivity index (χ4n) is 2.25. The lowest BCUT2D eigenvalue weighted by Gasteiger charge is -2.12. The number of hydrogen-bond acceptors (Lipinski definition) is 4. The molecule has 0 heterocycles. The summed E-state index contributed by atoms with van der Waals surface area (Å²) in [4.78, 5) is 3.92. The Balaban J connectivity index is 2.22. The molecule has 6 nitrogen and oxygen atoms in total. The van der Waals surface area contributed by atoms with Gasteiger partial charge in [0.15, 0.2) is 0 Å². The number of aryl methyl sites for hydroxylation is 2. The largest absolute Gasteiger partial charge is 0.254 e. The maximum Gasteiger partial charge on any atom is 0.254 e. The zero-order valence-corrected chi connectivity index (χ0v) is 16.2. The van der Waals surface area contributed by atoms with E-state index in [0.717, 1.165) is 11.1 Å². The van der Waals surface area contributed by atoms with E-state index in [1.54, 1.807) is 38.1 Å². The highest BCUT2D eigenvalue weighted by molar-refractivity contribution is 7.92. The van der Waals surface area contributed by atoms with Crippen LogP contribution in [0.5, 0.6) is 0 Å². The van der Waals surface area contributed by atoms with Gasteiger partial charge in [0.2, 0.25) is 0 Å². The summed E-state index contributed by atoms with van der Waals surface area (Å²) in [6, 6.07) is 11.3. The van der Waals surface area contributed by atoms with Gasteiger partial charge in [0.05, 0.1) is 9.79 Å². The molecule has 0 fully saturated rings. The van der Waals surface area contributed by atoms with Crippen molar-refractivity contribution in [3.05, 3.63) is 59.2 Å². The predicted molar refractivity (Wildman–Crippen MR) is 97.1 cm³/mol. The molecule has 25 heavy (non-hydrogen) atoms. The van der Waals surface area contributed by atoms with Crippen molar-refractivity contribution in [3.8, 4) is 0 Å². The zero-order chi connectivity index (χ0) is 18.8. The van der Waals surface area contributed by atoms with Crippen molar-refractivity contribution >= 4 is 20.0 Å². The van der Waals surface area contributed by atoms with Gasteiger partial charge in [-0.3, -0.25) is 0 Å².